The van der Waals surface area contributed by atoms with Crippen LogP contribution in [-0.4, -0.2) is 20.9 Å². The first-order valence-corrected chi connectivity index (χ1v) is 9.21. The number of carboxylic acids is 1. The van der Waals surface area contributed by atoms with Crippen molar-refractivity contribution in [3.63, 3.8) is 0 Å². The minimum atomic E-state index is -0.789. The van der Waals surface area contributed by atoms with Crippen LogP contribution >= 0.6 is 11.6 Å². The van der Waals surface area contributed by atoms with E-state index in [0.29, 0.717) is 5.02 Å². The highest BCUT2D eigenvalue weighted by Gasteiger charge is 2.16. The van der Waals surface area contributed by atoms with Crippen molar-refractivity contribution in [3.8, 4) is 11.1 Å². The van der Waals surface area contributed by atoms with Crippen LogP contribution in [0.1, 0.15) is 31.2 Å². The number of rotatable bonds is 7. The summed E-state index contributed by atoms with van der Waals surface area (Å²) in [5, 5.41) is 17.5. The number of carboxylic acid groups (broad SMARTS) is 1. The Morgan fingerprint density at radius 1 is 1.30 bits per heavy atom. The Labute approximate surface area is 163 Å². The third-order valence-corrected chi connectivity index (χ3v) is 4.78. The number of halogens is 1. The van der Waals surface area contributed by atoms with Gasteiger partial charge in [0.15, 0.2) is 0 Å². The van der Waals surface area contributed by atoms with E-state index in [-0.39, 0.29) is 12.3 Å². The summed E-state index contributed by atoms with van der Waals surface area (Å²) in [6.45, 7) is 2.01. The van der Waals surface area contributed by atoms with Crippen molar-refractivity contribution in [2.24, 2.45) is 7.05 Å². The second-order valence-electron chi connectivity index (χ2n) is 6.55. The zero-order chi connectivity index (χ0) is 19.4. The number of hydrogen-bond acceptors (Lipinski definition) is 3. The highest BCUT2D eigenvalue weighted by Crippen LogP contribution is 2.35. The lowest BCUT2D eigenvalue weighted by atomic mass is 9.91. The molecule has 140 valence electrons. The quantitative estimate of drug-likeness (QED) is 0.569. The monoisotopic (exact) mass is 383 g/mol. The molecule has 1 unspecified atom stereocenters. The van der Waals surface area contributed by atoms with Crippen LogP contribution in [0.15, 0.2) is 54.9 Å². The minimum absolute atomic E-state index is 0.0367. The average Bonchev–Trinajstić information content (AvgIpc) is 3.05. The van der Waals surface area contributed by atoms with Gasteiger partial charge in [-0.05, 0) is 42.2 Å². The Hall–Kier alpha value is -2.79. The SMILES string of the molecule is CCC(CC(=O)O)c1ccc(-c2cnn(C)c2)c(Nc2cccc(Cl)c2)c1. The van der Waals surface area contributed by atoms with Crippen LogP contribution in [0.5, 0.6) is 0 Å². The lowest BCUT2D eigenvalue weighted by molar-refractivity contribution is -0.137. The minimum Gasteiger partial charge on any atom is -0.481 e. The maximum absolute atomic E-state index is 11.2. The summed E-state index contributed by atoms with van der Waals surface area (Å²) < 4.78 is 1.76. The van der Waals surface area contributed by atoms with Crippen molar-refractivity contribution in [1.29, 1.82) is 0 Å². The number of aliphatic carboxylic acids is 1. The van der Waals surface area contributed by atoms with E-state index >= 15 is 0 Å². The third kappa shape index (κ3) is 4.68. The highest BCUT2D eigenvalue weighted by molar-refractivity contribution is 6.30. The van der Waals surface area contributed by atoms with E-state index in [0.717, 1.165) is 34.5 Å². The number of anilines is 2. The predicted octanol–water partition coefficient (Wildman–Crippen LogP) is 5.45. The molecular weight excluding hydrogens is 362 g/mol. The summed E-state index contributed by atoms with van der Waals surface area (Å²) >= 11 is 6.11. The van der Waals surface area contributed by atoms with Gasteiger partial charge >= 0.3 is 5.97 Å². The average molecular weight is 384 g/mol. The molecule has 27 heavy (non-hydrogen) atoms. The first-order chi connectivity index (χ1) is 13.0. The van der Waals surface area contributed by atoms with Crippen LogP contribution in [0.3, 0.4) is 0 Å². The lowest BCUT2D eigenvalue weighted by Gasteiger charge is -2.18. The van der Waals surface area contributed by atoms with Crippen LogP contribution in [0.4, 0.5) is 11.4 Å². The molecule has 2 N–H and O–H groups in total. The Balaban J connectivity index is 2.04. The van der Waals surface area contributed by atoms with E-state index in [9.17, 15) is 9.90 Å². The molecule has 3 aromatic rings. The van der Waals surface area contributed by atoms with E-state index in [1.54, 1.807) is 4.68 Å². The number of aryl methyl sites for hydroxylation is 1. The van der Waals surface area contributed by atoms with Gasteiger partial charge < -0.3 is 10.4 Å². The van der Waals surface area contributed by atoms with Crippen molar-refractivity contribution >= 4 is 28.9 Å². The molecule has 0 aliphatic rings. The predicted molar refractivity (Wildman–Crippen MR) is 109 cm³/mol. The molecule has 6 heteroatoms. The largest absolute Gasteiger partial charge is 0.481 e. The molecule has 1 aromatic heterocycles. The number of nitrogens with zero attached hydrogens (tertiary/aromatic N) is 2. The summed E-state index contributed by atoms with van der Waals surface area (Å²) in [6, 6.07) is 13.6. The molecule has 0 fully saturated rings. The summed E-state index contributed by atoms with van der Waals surface area (Å²) in [6.07, 6.45) is 4.63. The van der Waals surface area contributed by atoms with E-state index < -0.39 is 5.97 Å². The summed E-state index contributed by atoms with van der Waals surface area (Å²) in [5.74, 6) is -0.826. The fraction of sp³-hybridized carbons (Fsp3) is 0.238. The Morgan fingerprint density at radius 2 is 2.11 bits per heavy atom. The van der Waals surface area contributed by atoms with Gasteiger partial charge in [-0.15, -0.1) is 0 Å². The topological polar surface area (TPSA) is 67.1 Å². The summed E-state index contributed by atoms with van der Waals surface area (Å²) in [4.78, 5) is 11.2. The van der Waals surface area contributed by atoms with Gasteiger partial charge in [-0.1, -0.05) is 36.7 Å². The first-order valence-electron chi connectivity index (χ1n) is 8.83. The maximum Gasteiger partial charge on any atom is 0.303 e. The zero-order valence-corrected chi connectivity index (χ0v) is 16.1. The van der Waals surface area contributed by atoms with Gasteiger partial charge in [0.05, 0.1) is 12.6 Å². The molecule has 0 aliphatic carbocycles. The van der Waals surface area contributed by atoms with Gasteiger partial charge in [0.25, 0.3) is 0 Å². The maximum atomic E-state index is 11.2. The van der Waals surface area contributed by atoms with Crippen LogP contribution < -0.4 is 5.32 Å². The Bertz CT molecular complexity index is 952. The first kappa shape index (κ1) is 19.0. The van der Waals surface area contributed by atoms with Crippen molar-refractivity contribution in [2.75, 3.05) is 5.32 Å². The number of benzene rings is 2. The van der Waals surface area contributed by atoms with Crippen molar-refractivity contribution in [1.82, 2.24) is 9.78 Å². The summed E-state index contributed by atoms with van der Waals surface area (Å²) in [7, 11) is 1.88. The Kier molecular flexibility index (Phi) is 5.81. The van der Waals surface area contributed by atoms with Gasteiger partial charge in [-0.25, -0.2) is 0 Å². The second-order valence-corrected chi connectivity index (χ2v) is 6.98. The molecule has 0 spiro atoms. The van der Waals surface area contributed by atoms with Crippen molar-refractivity contribution in [2.45, 2.75) is 25.7 Å². The molecule has 5 nitrogen and oxygen atoms in total. The van der Waals surface area contributed by atoms with Gasteiger partial charge in [0.1, 0.15) is 0 Å². The van der Waals surface area contributed by atoms with Gasteiger partial charge in [0.2, 0.25) is 0 Å². The molecule has 1 atom stereocenters. The normalized spacial score (nSPS) is 12.0. The van der Waals surface area contributed by atoms with Crippen LogP contribution in [0.25, 0.3) is 11.1 Å². The molecule has 0 radical (unpaired) electrons. The molecule has 0 bridgehead atoms. The molecule has 3 rings (SSSR count). The van der Waals surface area contributed by atoms with Crippen LogP contribution in [-0.2, 0) is 11.8 Å². The summed E-state index contributed by atoms with van der Waals surface area (Å²) in [5.41, 5.74) is 4.75. The van der Waals surface area contributed by atoms with E-state index in [2.05, 4.69) is 10.4 Å². The fourth-order valence-electron chi connectivity index (χ4n) is 3.16. The fourth-order valence-corrected chi connectivity index (χ4v) is 3.35. The number of hydrogen-bond donors (Lipinski definition) is 2. The zero-order valence-electron chi connectivity index (χ0n) is 15.3. The molecule has 1 heterocycles. The lowest BCUT2D eigenvalue weighted by Crippen LogP contribution is -2.06. The molecule has 0 amide bonds. The van der Waals surface area contributed by atoms with Crippen LogP contribution in [0, 0.1) is 0 Å². The van der Waals surface area contributed by atoms with Gasteiger partial charge in [-0.3, -0.25) is 9.48 Å². The second kappa shape index (κ2) is 8.27. The Morgan fingerprint density at radius 3 is 2.74 bits per heavy atom. The van der Waals surface area contributed by atoms with Crippen LogP contribution in [0.2, 0.25) is 5.02 Å². The number of carbonyl (C=O) groups is 1. The molecule has 2 aromatic carbocycles. The van der Waals surface area contributed by atoms with Gasteiger partial charge in [-0.2, -0.15) is 5.10 Å². The number of nitrogens with one attached hydrogen (secondary N) is 1. The number of aromatic nitrogens is 2. The van der Waals surface area contributed by atoms with E-state index in [1.807, 2.05) is 68.8 Å². The van der Waals surface area contributed by atoms with E-state index in [1.165, 1.54) is 0 Å². The van der Waals surface area contributed by atoms with Gasteiger partial charge in [0, 0.05) is 40.8 Å². The molecule has 0 saturated heterocycles. The standard InChI is InChI=1S/C21H22ClN3O2/c1-3-14(10-21(26)27)15-7-8-19(16-12-23-25(2)13-16)20(9-15)24-18-6-4-5-17(22)11-18/h4-9,11-14,24H,3,10H2,1-2H3,(H,26,27). The third-order valence-electron chi connectivity index (χ3n) is 4.55. The van der Waals surface area contributed by atoms with Crippen molar-refractivity contribution < 1.29 is 9.90 Å². The molecule has 0 aliphatic heterocycles. The van der Waals surface area contributed by atoms with E-state index in [4.69, 9.17) is 11.6 Å². The highest BCUT2D eigenvalue weighted by atomic mass is 35.5. The molecule has 0 saturated carbocycles. The molecular formula is C21H22ClN3O2. The smallest absolute Gasteiger partial charge is 0.303 e. The van der Waals surface area contributed by atoms with Crippen molar-refractivity contribution in [3.05, 3.63) is 65.4 Å².